The predicted molar refractivity (Wildman–Crippen MR) is 85.6 cm³/mol. The topological polar surface area (TPSA) is 69.6 Å². The van der Waals surface area contributed by atoms with Gasteiger partial charge in [0, 0.05) is 31.6 Å². The monoisotopic (exact) mass is 322 g/mol. The quantitative estimate of drug-likeness (QED) is 0.804. The summed E-state index contributed by atoms with van der Waals surface area (Å²) in [5.74, 6) is -0.515. The van der Waals surface area contributed by atoms with Crippen LogP contribution in [-0.2, 0) is 16.0 Å². The number of nitrogens with zero attached hydrogens (tertiary/aromatic N) is 1. The van der Waals surface area contributed by atoms with Crippen LogP contribution in [0.3, 0.4) is 0 Å². The van der Waals surface area contributed by atoms with Crippen LogP contribution >= 0.6 is 0 Å². The first kappa shape index (κ1) is 17.4. The summed E-state index contributed by atoms with van der Waals surface area (Å²) >= 11 is 0. The molecule has 6 heteroatoms. The molecular formula is C17H23FN2O3. The van der Waals surface area contributed by atoms with Gasteiger partial charge in [0.1, 0.15) is 5.82 Å². The van der Waals surface area contributed by atoms with Crippen LogP contribution in [-0.4, -0.2) is 36.1 Å². The number of rotatable bonds is 7. The number of anilines is 1. The molecule has 1 aliphatic rings. The number of aliphatic hydroxyl groups excluding tert-OH is 1. The van der Waals surface area contributed by atoms with E-state index in [0.29, 0.717) is 37.9 Å². The lowest BCUT2D eigenvalue weighted by molar-refractivity contribution is -0.121. The fourth-order valence-electron chi connectivity index (χ4n) is 2.66. The Morgan fingerprint density at radius 2 is 2.22 bits per heavy atom. The van der Waals surface area contributed by atoms with Crippen molar-refractivity contribution in [3.8, 4) is 0 Å². The van der Waals surface area contributed by atoms with E-state index in [1.807, 2.05) is 6.92 Å². The number of carbonyl (C=O) groups excluding carboxylic acids is 2. The molecule has 0 saturated carbocycles. The molecule has 0 bridgehead atoms. The first-order valence-corrected chi connectivity index (χ1v) is 8.04. The molecule has 0 aliphatic carbocycles. The highest BCUT2D eigenvalue weighted by Crippen LogP contribution is 2.28. The van der Waals surface area contributed by atoms with Gasteiger partial charge in [-0.2, -0.15) is 0 Å². The SMILES string of the molecule is CCC(O)CCNC(=O)CCN1C(=O)CCc2cc(F)ccc21. The Kier molecular flexibility index (Phi) is 6.10. The summed E-state index contributed by atoms with van der Waals surface area (Å²) in [5, 5.41) is 12.2. The van der Waals surface area contributed by atoms with Crippen LogP contribution in [0.25, 0.3) is 0 Å². The first-order valence-electron chi connectivity index (χ1n) is 8.04. The molecule has 1 atom stereocenters. The van der Waals surface area contributed by atoms with E-state index in [9.17, 15) is 19.1 Å². The molecule has 0 saturated heterocycles. The largest absolute Gasteiger partial charge is 0.393 e. The summed E-state index contributed by atoms with van der Waals surface area (Å²) in [6.45, 7) is 2.58. The molecule has 2 rings (SSSR count). The van der Waals surface area contributed by atoms with Crippen LogP contribution in [0.4, 0.5) is 10.1 Å². The Morgan fingerprint density at radius 1 is 1.43 bits per heavy atom. The van der Waals surface area contributed by atoms with E-state index in [1.54, 1.807) is 11.0 Å². The fraction of sp³-hybridized carbons (Fsp3) is 0.529. The lowest BCUT2D eigenvalue weighted by Gasteiger charge is -2.29. The lowest BCUT2D eigenvalue weighted by Crippen LogP contribution is -2.38. The molecule has 2 amide bonds. The average molecular weight is 322 g/mol. The van der Waals surface area contributed by atoms with Crippen molar-refractivity contribution in [2.75, 3.05) is 18.0 Å². The Balaban J connectivity index is 1.88. The highest BCUT2D eigenvalue weighted by Gasteiger charge is 2.24. The Bertz CT molecular complexity index is 577. The van der Waals surface area contributed by atoms with Crippen molar-refractivity contribution in [2.24, 2.45) is 0 Å². The highest BCUT2D eigenvalue weighted by molar-refractivity contribution is 5.97. The predicted octanol–water partition coefficient (Wildman–Crippen LogP) is 1.77. The normalized spacial score (nSPS) is 15.3. The van der Waals surface area contributed by atoms with Crippen LogP contribution in [0.2, 0.25) is 0 Å². The van der Waals surface area contributed by atoms with E-state index in [0.717, 1.165) is 5.56 Å². The van der Waals surface area contributed by atoms with E-state index < -0.39 is 6.10 Å². The van der Waals surface area contributed by atoms with Crippen molar-refractivity contribution in [3.05, 3.63) is 29.6 Å². The van der Waals surface area contributed by atoms with Crippen LogP contribution < -0.4 is 10.2 Å². The second-order valence-corrected chi connectivity index (χ2v) is 5.77. The van der Waals surface area contributed by atoms with Crippen molar-refractivity contribution in [2.45, 2.75) is 45.1 Å². The van der Waals surface area contributed by atoms with Crippen molar-refractivity contribution in [1.82, 2.24) is 5.32 Å². The number of halogens is 1. The highest BCUT2D eigenvalue weighted by atomic mass is 19.1. The standard InChI is InChI=1S/C17H23FN2O3/c1-2-14(21)7-9-19-16(22)8-10-20-15-5-4-13(18)11-12(15)3-6-17(20)23/h4-5,11,14,21H,2-3,6-10H2,1H3,(H,19,22). The number of benzene rings is 1. The first-order chi connectivity index (χ1) is 11.0. The second-order valence-electron chi connectivity index (χ2n) is 5.77. The third-order valence-electron chi connectivity index (χ3n) is 4.08. The zero-order valence-electron chi connectivity index (χ0n) is 13.3. The molecule has 2 N–H and O–H groups in total. The van der Waals surface area contributed by atoms with E-state index in [4.69, 9.17) is 0 Å². The van der Waals surface area contributed by atoms with Gasteiger partial charge in [-0.25, -0.2) is 4.39 Å². The van der Waals surface area contributed by atoms with Crippen molar-refractivity contribution in [3.63, 3.8) is 0 Å². The second kappa shape index (κ2) is 8.06. The number of carbonyl (C=O) groups is 2. The van der Waals surface area contributed by atoms with Gasteiger partial charge in [-0.05, 0) is 43.0 Å². The van der Waals surface area contributed by atoms with Crippen LogP contribution in [0.5, 0.6) is 0 Å². The lowest BCUT2D eigenvalue weighted by atomic mass is 10.0. The summed E-state index contributed by atoms with van der Waals surface area (Å²) in [4.78, 5) is 25.5. The Hall–Kier alpha value is -1.95. The van der Waals surface area contributed by atoms with Crippen molar-refractivity contribution < 1.29 is 19.1 Å². The van der Waals surface area contributed by atoms with E-state index >= 15 is 0 Å². The minimum atomic E-state index is -0.402. The Labute approximate surface area is 135 Å². The maximum atomic E-state index is 13.3. The molecule has 0 fully saturated rings. The van der Waals surface area contributed by atoms with Gasteiger partial charge in [0.15, 0.2) is 0 Å². The molecule has 1 aromatic rings. The van der Waals surface area contributed by atoms with Crippen LogP contribution in [0, 0.1) is 5.82 Å². The number of fused-ring (bicyclic) bond motifs is 1. The minimum Gasteiger partial charge on any atom is -0.393 e. The maximum Gasteiger partial charge on any atom is 0.227 e. The zero-order chi connectivity index (χ0) is 16.8. The molecule has 126 valence electrons. The summed E-state index contributed by atoms with van der Waals surface area (Å²) < 4.78 is 13.3. The van der Waals surface area contributed by atoms with Gasteiger partial charge in [-0.15, -0.1) is 0 Å². The summed E-state index contributed by atoms with van der Waals surface area (Å²) in [6, 6.07) is 4.37. The molecule has 1 unspecified atom stereocenters. The zero-order valence-corrected chi connectivity index (χ0v) is 13.3. The summed E-state index contributed by atoms with van der Waals surface area (Å²) in [7, 11) is 0. The van der Waals surface area contributed by atoms with Crippen molar-refractivity contribution in [1.29, 1.82) is 0 Å². The average Bonchev–Trinajstić information content (AvgIpc) is 2.53. The molecular weight excluding hydrogens is 299 g/mol. The maximum absolute atomic E-state index is 13.3. The smallest absolute Gasteiger partial charge is 0.227 e. The van der Waals surface area contributed by atoms with E-state index in [1.165, 1.54) is 12.1 Å². The number of amides is 2. The third kappa shape index (κ3) is 4.76. The van der Waals surface area contributed by atoms with Gasteiger partial charge in [0.2, 0.25) is 11.8 Å². The molecule has 5 nitrogen and oxygen atoms in total. The third-order valence-corrected chi connectivity index (χ3v) is 4.08. The Morgan fingerprint density at radius 3 is 2.96 bits per heavy atom. The number of hydrogen-bond donors (Lipinski definition) is 2. The van der Waals surface area contributed by atoms with Gasteiger partial charge in [-0.1, -0.05) is 6.92 Å². The van der Waals surface area contributed by atoms with Gasteiger partial charge in [0.25, 0.3) is 0 Å². The molecule has 0 aromatic heterocycles. The van der Waals surface area contributed by atoms with E-state index in [-0.39, 0.29) is 30.6 Å². The molecule has 1 heterocycles. The van der Waals surface area contributed by atoms with Gasteiger partial charge >= 0.3 is 0 Å². The van der Waals surface area contributed by atoms with E-state index in [2.05, 4.69) is 5.32 Å². The fourth-order valence-corrected chi connectivity index (χ4v) is 2.66. The minimum absolute atomic E-state index is 0.0432. The van der Waals surface area contributed by atoms with Gasteiger partial charge < -0.3 is 15.3 Å². The molecule has 23 heavy (non-hydrogen) atoms. The van der Waals surface area contributed by atoms with Crippen LogP contribution in [0.15, 0.2) is 18.2 Å². The summed E-state index contributed by atoms with van der Waals surface area (Å²) in [6.07, 6.45) is 1.83. The molecule has 1 aromatic carbocycles. The van der Waals surface area contributed by atoms with Crippen molar-refractivity contribution >= 4 is 17.5 Å². The molecule has 0 radical (unpaired) electrons. The molecule has 1 aliphatic heterocycles. The number of aliphatic hydroxyl groups is 1. The molecule has 0 spiro atoms. The number of aryl methyl sites for hydroxylation is 1. The van der Waals surface area contributed by atoms with Gasteiger partial charge in [0.05, 0.1) is 6.10 Å². The number of nitrogens with one attached hydrogen (secondary N) is 1. The number of hydrogen-bond acceptors (Lipinski definition) is 3. The summed E-state index contributed by atoms with van der Waals surface area (Å²) in [5.41, 5.74) is 1.49. The van der Waals surface area contributed by atoms with Gasteiger partial charge in [-0.3, -0.25) is 9.59 Å². The van der Waals surface area contributed by atoms with Crippen LogP contribution in [0.1, 0.15) is 38.2 Å².